The molecular weight excluding hydrogens is 316 g/mol. The van der Waals surface area contributed by atoms with Crippen LogP contribution in [0.5, 0.6) is 11.5 Å². The van der Waals surface area contributed by atoms with Crippen molar-refractivity contribution in [2.75, 3.05) is 19.7 Å². The molecule has 1 amide bonds. The Morgan fingerprint density at radius 1 is 1.32 bits per heavy atom. The van der Waals surface area contributed by atoms with E-state index >= 15 is 0 Å². The Bertz CT molecular complexity index is 670. The Labute approximate surface area is 149 Å². The standard InChI is InChI=1S/C20H26N2O3/c1-4-15(3)25-18-9-8-16(13-19(18)24-5-2)12-17(14-21)20(23)22-10-6-7-11-22/h8-9,12-13,15H,4-7,10-11H2,1-3H3/b17-12+/t15-/m1/s1. The van der Waals surface area contributed by atoms with Gasteiger partial charge in [0.1, 0.15) is 11.6 Å². The first-order chi connectivity index (χ1) is 12.1. The van der Waals surface area contributed by atoms with Gasteiger partial charge < -0.3 is 14.4 Å². The lowest BCUT2D eigenvalue weighted by atomic mass is 10.1. The van der Waals surface area contributed by atoms with Crippen LogP contribution in [-0.2, 0) is 4.79 Å². The van der Waals surface area contributed by atoms with Crippen molar-refractivity contribution in [3.05, 3.63) is 29.3 Å². The number of carbonyl (C=O) groups is 1. The maximum atomic E-state index is 12.4. The van der Waals surface area contributed by atoms with Crippen LogP contribution in [0.25, 0.3) is 6.08 Å². The van der Waals surface area contributed by atoms with Crippen molar-refractivity contribution < 1.29 is 14.3 Å². The van der Waals surface area contributed by atoms with Crippen molar-refractivity contribution in [2.24, 2.45) is 0 Å². The summed E-state index contributed by atoms with van der Waals surface area (Å²) in [5.74, 6) is 1.11. The predicted molar refractivity (Wildman–Crippen MR) is 97.4 cm³/mol. The average molecular weight is 342 g/mol. The van der Waals surface area contributed by atoms with Crippen LogP contribution < -0.4 is 9.47 Å². The molecule has 1 heterocycles. The molecule has 0 unspecified atom stereocenters. The van der Waals surface area contributed by atoms with E-state index in [1.165, 1.54) is 0 Å². The van der Waals surface area contributed by atoms with E-state index < -0.39 is 0 Å². The zero-order valence-electron chi connectivity index (χ0n) is 15.2. The molecule has 1 saturated heterocycles. The van der Waals surface area contributed by atoms with Gasteiger partial charge in [0.2, 0.25) is 0 Å². The zero-order chi connectivity index (χ0) is 18.2. The largest absolute Gasteiger partial charge is 0.490 e. The molecule has 1 fully saturated rings. The van der Waals surface area contributed by atoms with E-state index in [0.717, 1.165) is 37.9 Å². The number of carbonyl (C=O) groups excluding carboxylic acids is 1. The molecule has 2 rings (SSSR count). The van der Waals surface area contributed by atoms with Crippen molar-refractivity contribution in [1.29, 1.82) is 5.26 Å². The highest BCUT2D eigenvalue weighted by Gasteiger charge is 2.21. The Balaban J connectivity index is 2.26. The fourth-order valence-electron chi connectivity index (χ4n) is 2.68. The van der Waals surface area contributed by atoms with Crippen molar-refractivity contribution in [2.45, 2.75) is 46.1 Å². The van der Waals surface area contributed by atoms with Crippen molar-refractivity contribution in [3.63, 3.8) is 0 Å². The molecule has 0 N–H and O–H groups in total. The fraction of sp³-hybridized carbons (Fsp3) is 0.500. The third kappa shape index (κ3) is 4.99. The quantitative estimate of drug-likeness (QED) is 0.559. The molecule has 1 atom stereocenters. The van der Waals surface area contributed by atoms with Crippen LogP contribution in [0.3, 0.4) is 0 Å². The number of nitrogens with zero attached hydrogens (tertiary/aromatic N) is 2. The third-order valence-electron chi connectivity index (χ3n) is 4.23. The molecule has 25 heavy (non-hydrogen) atoms. The second-order valence-corrected chi connectivity index (χ2v) is 6.15. The molecule has 1 aliphatic rings. The Hall–Kier alpha value is -2.48. The van der Waals surface area contributed by atoms with Gasteiger partial charge in [-0.15, -0.1) is 0 Å². The molecule has 1 aromatic rings. The van der Waals surface area contributed by atoms with Crippen molar-refractivity contribution in [3.8, 4) is 17.6 Å². The highest BCUT2D eigenvalue weighted by molar-refractivity contribution is 6.01. The lowest BCUT2D eigenvalue weighted by Gasteiger charge is -2.17. The molecule has 1 aromatic carbocycles. The van der Waals surface area contributed by atoms with Crippen LogP contribution in [0.15, 0.2) is 23.8 Å². The monoisotopic (exact) mass is 342 g/mol. The van der Waals surface area contributed by atoms with E-state index in [0.29, 0.717) is 18.1 Å². The van der Waals surface area contributed by atoms with Gasteiger partial charge in [-0.1, -0.05) is 13.0 Å². The van der Waals surface area contributed by atoms with E-state index in [-0.39, 0.29) is 17.6 Å². The summed E-state index contributed by atoms with van der Waals surface area (Å²) in [6, 6.07) is 7.52. The van der Waals surface area contributed by atoms with Gasteiger partial charge in [0, 0.05) is 13.1 Å². The van der Waals surface area contributed by atoms with Gasteiger partial charge in [0.15, 0.2) is 11.5 Å². The van der Waals surface area contributed by atoms with Gasteiger partial charge in [-0.05, 0) is 56.9 Å². The molecular formula is C20H26N2O3. The lowest BCUT2D eigenvalue weighted by molar-refractivity contribution is -0.125. The van der Waals surface area contributed by atoms with E-state index in [1.807, 2.05) is 38.1 Å². The minimum Gasteiger partial charge on any atom is -0.490 e. The summed E-state index contributed by atoms with van der Waals surface area (Å²) in [5, 5.41) is 9.37. The second kappa shape index (κ2) is 9.12. The maximum absolute atomic E-state index is 12.4. The van der Waals surface area contributed by atoms with E-state index in [1.54, 1.807) is 11.0 Å². The summed E-state index contributed by atoms with van der Waals surface area (Å²) < 4.78 is 11.5. The number of hydrogen-bond acceptors (Lipinski definition) is 4. The molecule has 5 heteroatoms. The smallest absolute Gasteiger partial charge is 0.264 e. The summed E-state index contributed by atoms with van der Waals surface area (Å²) in [6.07, 6.45) is 4.61. The van der Waals surface area contributed by atoms with Gasteiger partial charge in [0.05, 0.1) is 12.7 Å². The van der Waals surface area contributed by atoms with Gasteiger partial charge in [-0.3, -0.25) is 4.79 Å². The molecule has 0 aliphatic carbocycles. The van der Waals surface area contributed by atoms with Crippen LogP contribution in [0.2, 0.25) is 0 Å². The maximum Gasteiger partial charge on any atom is 0.264 e. The summed E-state index contributed by atoms with van der Waals surface area (Å²) in [4.78, 5) is 14.2. The molecule has 134 valence electrons. The molecule has 0 saturated carbocycles. The number of likely N-dealkylation sites (tertiary alicyclic amines) is 1. The number of amides is 1. The molecule has 1 aliphatic heterocycles. The minimum absolute atomic E-state index is 0.0898. The van der Waals surface area contributed by atoms with E-state index in [2.05, 4.69) is 6.92 Å². The number of nitriles is 1. The lowest BCUT2D eigenvalue weighted by Crippen LogP contribution is -2.28. The number of ether oxygens (including phenoxy) is 2. The van der Waals surface area contributed by atoms with E-state index in [9.17, 15) is 10.1 Å². The Kier molecular flexibility index (Phi) is 6.88. The SMILES string of the molecule is CCOc1cc(/C=C(\C#N)C(=O)N2CCCC2)ccc1O[C@H](C)CC. The van der Waals surface area contributed by atoms with Crippen LogP contribution in [0.4, 0.5) is 0 Å². The summed E-state index contributed by atoms with van der Waals surface area (Å²) in [7, 11) is 0. The van der Waals surface area contributed by atoms with Crippen LogP contribution in [0, 0.1) is 11.3 Å². The fourth-order valence-corrected chi connectivity index (χ4v) is 2.68. The highest BCUT2D eigenvalue weighted by atomic mass is 16.5. The average Bonchev–Trinajstić information content (AvgIpc) is 3.15. The first kappa shape index (κ1) is 18.9. The Morgan fingerprint density at radius 2 is 2.04 bits per heavy atom. The Morgan fingerprint density at radius 3 is 2.64 bits per heavy atom. The van der Waals surface area contributed by atoms with Gasteiger partial charge >= 0.3 is 0 Å². The minimum atomic E-state index is -0.196. The zero-order valence-corrected chi connectivity index (χ0v) is 15.2. The number of hydrogen-bond donors (Lipinski definition) is 0. The normalized spacial score (nSPS) is 15.6. The van der Waals surface area contributed by atoms with Crippen molar-refractivity contribution >= 4 is 12.0 Å². The van der Waals surface area contributed by atoms with Gasteiger partial charge in [-0.2, -0.15) is 5.26 Å². The predicted octanol–water partition coefficient (Wildman–Crippen LogP) is 3.79. The van der Waals surface area contributed by atoms with E-state index in [4.69, 9.17) is 9.47 Å². The summed E-state index contributed by atoms with van der Waals surface area (Å²) in [5.41, 5.74) is 0.906. The highest BCUT2D eigenvalue weighted by Crippen LogP contribution is 2.30. The van der Waals surface area contributed by atoms with Crippen LogP contribution >= 0.6 is 0 Å². The second-order valence-electron chi connectivity index (χ2n) is 6.15. The van der Waals surface area contributed by atoms with Crippen LogP contribution in [-0.4, -0.2) is 36.6 Å². The summed E-state index contributed by atoms with van der Waals surface area (Å²) in [6.45, 7) is 7.94. The number of benzene rings is 1. The number of rotatable bonds is 7. The molecule has 0 bridgehead atoms. The summed E-state index contributed by atoms with van der Waals surface area (Å²) >= 11 is 0. The molecule has 0 spiro atoms. The first-order valence-electron chi connectivity index (χ1n) is 8.93. The first-order valence-corrected chi connectivity index (χ1v) is 8.93. The molecule has 5 nitrogen and oxygen atoms in total. The topological polar surface area (TPSA) is 62.6 Å². The molecule has 0 aromatic heterocycles. The molecule has 0 radical (unpaired) electrons. The van der Waals surface area contributed by atoms with Crippen molar-refractivity contribution in [1.82, 2.24) is 4.90 Å². The third-order valence-corrected chi connectivity index (χ3v) is 4.23. The van der Waals surface area contributed by atoms with Crippen LogP contribution in [0.1, 0.15) is 45.6 Å². The van der Waals surface area contributed by atoms with Gasteiger partial charge in [0.25, 0.3) is 5.91 Å². The van der Waals surface area contributed by atoms with Gasteiger partial charge in [-0.25, -0.2) is 0 Å².